The SMILES string of the molecule is C/C(=N/NC(=O)c1cccnc1)c1ccc(NC(=O)c2ccc(Cl)cc2Cl)cc1. The number of halogens is 2. The second kappa shape index (κ2) is 9.32. The van der Waals surface area contributed by atoms with E-state index >= 15 is 0 Å². The second-order valence-corrected chi connectivity index (χ2v) is 6.88. The quantitative estimate of drug-likeness (QED) is 0.454. The van der Waals surface area contributed by atoms with E-state index in [9.17, 15) is 9.59 Å². The molecule has 0 aliphatic carbocycles. The number of carbonyl (C=O) groups excluding carboxylic acids is 2. The van der Waals surface area contributed by atoms with E-state index in [0.717, 1.165) is 5.56 Å². The van der Waals surface area contributed by atoms with Crippen molar-refractivity contribution in [3.8, 4) is 0 Å². The maximum Gasteiger partial charge on any atom is 0.272 e. The highest BCUT2D eigenvalue weighted by Crippen LogP contribution is 2.22. The molecule has 0 aliphatic rings. The smallest absolute Gasteiger partial charge is 0.272 e. The molecule has 0 bridgehead atoms. The lowest BCUT2D eigenvalue weighted by Gasteiger charge is -2.08. The van der Waals surface area contributed by atoms with Gasteiger partial charge in [-0.05, 0) is 55.0 Å². The molecule has 0 spiro atoms. The van der Waals surface area contributed by atoms with Gasteiger partial charge in [0.25, 0.3) is 11.8 Å². The van der Waals surface area contributed by atoms with Gasteiger partial charge < -0.3 is 5.32 Å². The Morgan fingerprint density at radius 1 is 0.966 bits per heavy atom. The maximum absolute atomic E-state index is 12.4. The lowest BCUT2D eigenvalue weighted by molar-refractivity contribution is 0.0953. The number of pyridine rings is 1. The summed E-state index contributed by atoms with van der Waals surface area (Å²) < 4.78 is 0. The van der Waals surface area contributed by atoms with Crippen LogP contribution in [-0.4, -0.2) is 22.5 Å². The molecule has 0 saturated heterocycles. The van der Waals surface area contributed by atoms with Crippen LogP contribution in [0.4, 0.5) is 5.69 Å². The Balaban J connectivity index is 1.64. The highest BCUT2D eigenvalue weighted by Gasteiger charge is 2.11. The summed E-state index contributed by atoms with van der Waals surface area (Å²) in [6.45, 7) is 1.77. The summed E-state index contributed by atoms with van der Waals surface area (Å²) in [4.78, 5) is 28.3. The fourth-order valence-electron chi connectivity index (χ4n) is 2.43. The third kappa shape index (κ3) is 5.40. The van der Waals surface area contributed by atoms with Crippen molar-refractivity contribution in [1.29, 1.82) is 0 Å². The number of rotatable bonds is 5. The fourth-order valence-corrected chi connectivity index (χ4v) is 2.92. The van der Waals surface area contributed by atoms with Gasteiger partial charge in [-0.25, -0.2) is 5.43 Å². The Kier molecular flexibility index (Phi) is 6.59. The molecule has 0 unspecified atom stereocenters. The first-order chi connectivity index (χ1) is 13.9. The molecule has 146 valence electrons. The average Bonchev–Trinajstić information content (AvgIpc) is 2.72. The lowest BCUT2D eigenvalue weighted by atomic mass is 10.1. The van der Waals surface area contributed by atoms with E-state index in [-0.39, 0.29) is 16.8 Å². The zero-order valence-electron chi connectivity index (χ0n) is 15.3. The molecule has 3 rings (SSSR count). The predicted octanol–water partition coefficient (Wildman–Crippen LogP) is 4.79. The number of hydrazone groups is 1. The summed E-state index contributed by atoms with van der Waals surface area (Å²) in [6.07, 6.45) is 3.05. The first-order valence-corrected chi connectivity index (χ1v) is 9.31. The number of carbonyl (C=O) groups is 2. The van der Waals surface area contributed by atoms with E-state index < -0.39 is 0 Å². The van der Waals surface area contributed by atoms with E-state index in [4.69, 9.17) is 23.2 Å². The molecule has 29 heavy (non-hydrogen) atoms. The zero-order chi connectivity index (χ0) is 20.8. The number of aromatic nitrogens is 1. The highest BCUT2D eigenvalue weighted by molar-refractivity contribution is 6.37. The van der Waals surface area contributed by atoms with Gasteiger partial charge in [0.1, 0.15) is 0 Å². The third-order valence-corrected chi connectivity index (χ3v) is 4.53. The van der Waals surface area contributed by atoms with Crippen LogP contribution in [0.15, 0.2) is 72.1 Å². The number of benzene rings is 2. The number of amides is 2. The molecule has 2 aromatic carbocycles. The van der Waals surface area contributed by atoms with Gasteiger partial charge in [0.05, 0.1) is 21.9 Å². The minimum absolute atomic E-state index is 0.277. The van der Waals surface area contributed by atoms with Gasteiger partial charge in [0, 0.05) is 23.1 Å². The number of nitrogens with one attached hydrogen (secondary N) is 2. The van der Waals surface area contributed by atoms with Gasteiger partial charge in [0.15, 0.2) is 0 Å². The minimum Gasteiger partial charge on any atom is -0.322 e. The third-order valence-electron chi connectivity index (χ3n) is 3.99. The number of nitrogens with zero attached hydrogens (tertiary/aromatic N) is 2. The Bertz CT molecular complexity index is 1070. The van der Waals surface area contributed by atoms with Crippen molar-refractivity contribution in [2.75, 3.05) is 5.32 Å². The van der Waals surface area contributed by atoms with Crippen LogP contribution in [0.2, 0.25) is 10.0 Å². The Hall–Kier alpha value is -3.22. The van der Waals surface area contributed by atoms with Gasteiger partial charge in [-0.2, -0.15) is 5.10 Å². The van der Waals surface area contributed by atoms with Gasteiger partial charge in [-0.3, -0.25) is 14.6 Å². The largest absolute Gasteiger partial charge is 0.322 e. The molecule has 2 N–H and O–H groups in total. The van der Waals surface area contributed by atoms with Gasteiger partial charge in [-0.15, -0.1) is 0 Å². The topological polar surface area (TPSA) is 83.4 Å². The summed E-state index contributed by atoms with van der Waals surface area (Å²) >= 11 is 11.9. The summed E-state index contributed by atoms with van der Waals surface area (Å²) in [5.74, 6) is -0.685. The van der Waals surface area contributed by atoms with E-state index in [1.807, 2.05) is 0 Å². The molecular weight excluding hydrogens is 411 g/mol. The van der Waals surface area contributed by atoms with Gasteiger partial charge >= 0.3 is 0 Å². The van der Waals surface area contributed by atoms with Crippen LogP contribution in [-0.2, 0) is 0 Å². The number of hydrogen-bond donors (Lipinski definition) is 2. The van der Waals surface area contributed by atoms with Crippen molar-refractivity contribution >= 4 is 46.4 Å². The van der Waals surface area contributed by atoms with E-state index in [2.05, 4.69) is 20.8 Å². The van der Waals surface area contributed by atoms with Gasteiger partial charge in [-0.1, -0.05) is 35.3 Å². The molecule has 3 aromatic rings. The summed E-state index contributed by atoms with van der Waals surface area (Å²) in [5, 5.41) is 7.61. The monoisotopic (exact) mass is 426 g/mol. The maximum atomic E-state index is 12.4. The molecule has 0 fully saturated rings. The molecule has 6 nitrogen and oxygen atoms in total. The van der Waals surface area contributed by atoms with Crippen LogP contribution in [0.5, 0.6) is 0 Å². The van der Waals surface area contributed by atoms with Crippen LogP contribution in [0.3, 0.4) is 0 Å². The zero-order valence-corrected chi connectivity index (χ0v) is 16.8. The standard InChI is InChI=1S/C21H16Cl2N4O2/c1-13(26-27-20(28)15-3-2-10-24-12-15)14-4-7-17(8-5-14)25-21(29)18-9-6-16(22)11-19(18)23/h2-12H,1H3,(H,25,29)(H,27,28)/b26-13-. The first-order valence-electron chi connectivity index (χ1n) is 8.55. The number of hydrogen-bond acceptors (Lipinski definition) is 4. The van der Waals surface area contributed by atoms with Crippen molar-refractivity contribution in [2.24, 2.45) is 5.10 Å². The Morgan fingerprint density at radius 3 is 2.38 bits per heavy atom. The molecular formula is C21H16Cl2N4O2. The van der Waals surface area contributed by atoms with Crippen LogP contribution in [0.1, 0.15) is 33.2 Å². The molecule has 0 radical (unpaired) electrons. The fraction of sp³-hybridized carbons (Fsp3) is 0.0476. The predicted molar refractivity (Wildman–Crippen MR) is 115 cm³/mol. The normalized spacial score (nSPS) is 11.1. The minimum atomic E-state index is -0.346. The molecule has 0 atom stereocenters. The molecule has 1 heterocycles. The number of anilines is 1. The summed E-state index contributed by atoms with van der Waals surface area (Å²) in [7, 11) is 0. The molecule has 2 amide bonds. The van der Waals surface area contributed by atoms with E-state index in [0.29, 0.717) is 27.5 Å². The van der Waals surface area contributed by atoms with Crippen LogP contribution in [0.25, 0.3) is 0 Å². The summed E-state index contributed by atoms with van der Waals surface area (Å²) in [5.41, 5.74) is 5.24. The molecule has 1 aromatic heterocycles. The Labute approximate surface area is 177 Å². The highest BCUT2D eigenvalue weighted by atomic mass is 35.5. The van der Waals surface area contributed by atoms with E-state index in [1.54, 1.807) is 61.7 Å². The Morgan fingerprint density at radius 2 is 1.72 bits per heavy atom. The summed E-state index contributed by atoms with van der Waals surface area (Å²) in [6, 6.07) is 15.1. The second-order valence-electron chi connectivity index (χ2n) is 6.04. The molecule has 0 saturated carbocycles. The average molecular weight is 427 g/mol. The van der Waals surface area contributed by atoms with E-state index in [1.165, 1.54) is 12.3 Å². The van der Waals surface area contributed by atoms with Crippen molar-refractivity contribution in [3.63, 3.8) is 0 Å². The first kappa shape index (κ1) is 20.5. The van der Waals surface area contributed by atoms with Crippen molar-refractivity contribution < 1.29 is 9.59 Å². The van der Waals surface area contributed by atoms with Crippen molar-refractivity contribution in [2.45, 2.75) is 6.92 Å². The van der Waals surface area contributed by atoms with Crippen LogP contribution < -0.4 is 10.7 Å². The van der Waals surface area contributed by atoms with Gasteiger partial charge in [0.2, 0.25) is 0 Å². The van der Waals surface area contributed by atoms with Crippen molar-refractivity contribution in [1.82, 2.24) is 10.4 Å². The molecule has 8 heteroatoms. The lowest BCUT2D eigenvalue weighted by Crippen LogP contribution is -2.19. The van der Waals surface area contributed by atoms with Crippen molar-refractivity contribution in [3.05, 3.63) is 93.7 Å². The van der Waals surface area contributed by atoms with Crippen LogP contribution in [0, 0.1) is 0 Å². The van der Waals surface area contributed by atoms with Crippen LogP contribution >= 0.6 is 23.2 Å². The molecule has 0 aliphatic heterocycles.